The number of hydrogen-bond acceptors (Lipinski definition) is 9. The number of ether oxygens (including phenoxy) is 3. The lowest BCUT2D eigenvalue weighted by molar-refractivity contribution is -0.135. The predicted molar refractivity (Wildman–Crippen MR) is 268 cm³/mol. The molecule has 1 N–H and O–H groups in total. The van der Waals surface area contributed by atoms with Crippen LogP contribution in [0, 0.1) is 12.8 Å². The Morgan fingerprint density at radius 1 is 0.735 bits per heavy atom. The first kappa shape index (κ1) is 46.8. The molecule has 358 valence electrons. The standard InChI is InChI=1S/C55H67N7O6/c1-5-7-31-66-43-15-11-41(12-16-43)54-38(3)48-33-44(67-32-8-6-2)18-21-49(48)62(54)36-39-9-13-42(14-10-39)60-25-23-40(24-26-60)35-59-27-29-61(30-28-59)52(64)37-68-45-17-19-46-50(34-45)58(4)57-53(46)47-20-22-51(63)56-55(47)65/h9-19,21,33-34,40,47H,5-8,20,22-32,35-37H2,1-4H3,(H,56,63,65). The summed E-state index contributed by atoms with van der Waals surface area (Å²) in [5.74, 6) is 1.99. The second-order valence-electron chi connectivity index (χ2n) is 18.9. The molecule has 1 unspecified atom stereocenters. The van der Waals surface area contributed by atoms with Crippen LogP contribution in [0.4, 0.5) is 5.69 Å². The summed E-state index contributed by atoms with van der Waals surface area (Å²) in [6.07, 6.45) is 7.34. The number of hydrogen-bond donors (Lipinski definition) is 1. The van der Waals surface area contributed by atoms with Gasteiger partial charge in [-0.25, -0.2) is 0 Å². The number of nitrogens with zero attached hydrogens (tertiary/aromatic N) is 6. The Morgan fingerprint density at radius 3 is 2.12 bits per heavy atom. The number of unbranched alkanes of at least 4 members (excludes halogenated alkanes) is 2. The normalized spacial score (nSPS) is 17.3. The van der Waals surface area contributed by atoms with Crippen molar-refractivity contribution < 1.29 is 28.6 Å². The fraction of sp³-hybridized carbons (Fsp3) is 0.455. The fourth-order valence-electron chi connectivity index (χ4n) is 10.2. The number of aromatic nitrogens is 3. The van der Waals surface area contributed by atoms with Crippen LogP contribution in [0.5, 0.6) is 17.2 Å². The Balaban J connectivity index is 0.758. The average Bonchev–Trinajstić information content (AvgIpc) is 3.82. The molecule has 0 bridgehead atoms. The van der Waals surface area contributed by atoms with Crippen molar-refractivity contribution in [2.75, 3.05) is 70.5 Å². The maximum absolute atomic E-state index is 13.3. The molecular formula is C55H67N7O6. The van der Waals surface area contributed by atoms with Gasteiger partial charge in [0, 0.05) is 93.9 Å². The topological polar surface area (TPSA) is 123 Å². The van der Waals surface area contributed by atoms with E-state index in [1.165, 1.54) is 39.0 Å². The summed E-state index contributed by atoms with van der Waals surface area (Å²) in [4.78, 5) is 44.4. The molecule has 0 radical (unpaired) electrons. The van der Waals surface area contributed by atoms with E-state index in [9.17, 15) is 14.4 Å². The number of carbonyl (C=O) groups is 3. The first-order chi connectivity index (χ1) is 33.1. The number of amides is 3. The quantitative estimate of drug-likeness (QED) is 0.0666. The van der Waals surface area contributed by atoms with E-state index in [-0.39, 0.29) is 24.3 Å². The molecule has 9 rings (SSSR count). The van der Waals surface area contributed by atoms with Gasteiger partial charge >= 0.3 is 0 Å². The van der Waals surface area contributed by atoms with Gasteiger partial charge in [-0.15, -0.1) is 0 Å². The van der Waals surface area contributed by atoms with Crippen LogP contribution in [0.1, 0.15) is 88.0 Å². The second-order valence-corrected chi connectivity index (χ2v) is 18.9. The smallest absolute Gasteiger partial charge is 0.260 e. The molecule has 6 aromatic rings. The van der Waals surface area contributed by atoms with Crippen molar-refractivity contribution in [2.24, 2.45) is 13.0 Å². The number of piperazine rings is 1. The highest BCUT2D eigenvalue weighted by Gasteiger charge is 2.32. The van der Waals surface area contributed by atoms with Gasteiger partial charge in [0.05, 0.1) is 36.0 Å². The van der Waals surface area contributed by atoms with Gasteiger partial charge in [-0.3, -0.25) is 29.3 Å². The molecule has 3 saturated heterocycles. The zero-order valence-corrected chi connectivity index (χ0v) is 40.3. The summed E-state index contributed by atoms with van der Waals surface area (Å²) in [5.41, 5.74) is 8.87. The van der Waals surface area contributed by atoms with Gasteiger partial charge in [-0.05, 0) is 128 Å². The maximum Gasteiger partial charge on any atom is 0.260 e. The first-order valence-corrected chi connectivity index (χ1v) is 24.9. The second kappa shape index (κ2) is 21.3. The Kier molecular flexibility index (Phi) is 14.7. The number of benzene rings is 4. The van der Waals surface area contributed by atoms with E-state index in [2.05, 4.69) is 112 Å². The lowest BCUT2D eigenvalue weighted by Gasteiger charge is -2.39. The van der Waals surface area contributed by atoms with Crippen LogP contribution >= 0.6 is 0 Å². The van der Waals surface area contributed by atoms with Crippen LogP contribution < -0.4 is 24.4 Å². The van der Waals surface area contributed by atoms with Crippen molar-refractivity contribution in [2.45, 2.75) is 84.6 Å². The summed E-state index contributed by atoms with van der Waals surface area (Å²) in [7, 11) is 1.82. The van der Waals surface area contributed by atoms with Crippen molar-refractivity contribution in [3.63, 3.8) is 0 Å². The van der Waals surface area contributed by atoms with Gasteiger partial charge in [0.25, 0.3) is 5.91 Å². The van der Waals surface area contributed by atoms with Crippen molar-refractivity contribution in [3.05, 3.63) is 102 Å². The summed E-state index contributed by atoms with van der Waals surface area (Å²) < 4.78 is 22.3. The molecule has 2 aromatic heterocycles. The van der Waals surface area contributed by atoms with Gasteiger partial charge in [0.15, 0.2) is 6.61 Å². The lowest BCUT2D eigenvalue weighted by Crippen LogP contribution is -2.51. The molecule has 4 aromatic carbocycles. The molecule has 0 aliphatic carbocycles. The Bertz CT molecular complexity index is 2710. The van der Waals surface area contributed by atoms with Crippen LogP contribution in [-0.2, 0) is 28.0 Å². The molecule has 0 saturated carbocycles. The van der Waals surface area contributed by atoms with Crippen LogP contribution in [0.3, 0.4) is 0 Å². The van der Waals surface area contributed by atoms with Crippen molar-refractivity contribution in [1.29, 1.82) is 0 Å². The molecule has 3 fully saturated rings. The summed E-state index contributed by atoms with van der Waals surface area (Å²) >= 11 is 0. The Labute approximate surface area is 400 Å². The molecule has 13 heteroatoms. The number of nitrogens with one attached hydrogen (secondary N) is 1. The summed E-state index contributed by atoms with van der Waals surface area (Å²) in [6.45, 7) is 15.0. The van der Waals surface area contributed by atoms with Crippen LogP contribution in [0.25, 0.3) is 33.1 Å². The third-order valence-corrected chi connectivity index (χ3v) is 14.2. The Morgan fingerprint density at radius 2 is 1.41 bits per heavy atom. The minimum atomic E-state index is -0.472. The molecule has 3 amide bonds. The zero-order chi connectivity index (χ0) is 47.1. The molecule has 13 nitrogen and oxygen atoms in total. The molecule has 3 aliphatic rings. The van der Waals surface area contributed by atoms with E-state index in [1.54, 1.807) is 4.68 Å². The minimum absolute atomic E-state index is 0.0178. The molecule has 3 aliphatic heterocycles. The number of carbonyl (C=O) groups excluding carboxylic acids is 3. The summed E-state index contributed by atoms with van der Waals surface area (Å²) in [5, 5.41) is 9.11. The lowest BCUT2D eigenvalue weighted by atomic mass is 9.93. The number of imide groups is 1. The van der Waals surface area contributed by atoms with E-state index in [0.29, 0.717) is 43.3 Å². The highest BCUT2D eigenvalue weighted by Crippen LogP contribution is 2.37. The van der Waals surface area contributed by atoms with E-state index >= 15 is 0 Å². The predicted octanol–water partition coefficient (Wildman–Crippen LogP) is 8.87. The molecule has 5 heterocycles. The van der Waals surface area contributed by atoms with Crippen molar-refractivity contribution in [3.8, 4) is 28.5 Å². The number of aryl methyl sites for hydroxylation is 2. The average molecular weight is 922 g/mol. The van der Waals surface area contributed by atoms with E-state index in [0.717, 1.165) is 113 Å². The van der Waals surface area contributed by atoms with Crippen molar-refractivity contribution in [1.82, 2.24) is 29.5 Å². The molecule has 1 atom stereocenters. The van der Waals surface area contributed by atoms with E-state index < -0.39 is 5.92 Å². The third kappa shape index (κ3) is 10.5. The van der Waals surface area contributed by atoms with Gasteiger partial charge in [0.2, 0.25) is 11.8 Å². The van der Waals surface area contributed by atoms with Crippen LogP contribution in [0.2, 0.25) is 0 Å². The minimum Gasteiger partial charge on any atom is -0.494 e. The Hall–Kier alpha value is -6.34. The van der Waals surface area contributed by atoms with Gasteiger partial charge in [-0.2, -0.15) is 5.10 Å². The van der Waals surface area contributed by atoms with Crippen molar-refractivity contribution >= 4 is 45.2 Å². The fourth-order valence-corrected chi connectivity index (χ4v) is 10.2. The molecular weight excluding hydrogens is 855 g/mol. The molecule has 0 spiro atoms. The zero-order valence-electron chi connectivity index (χ0n) is 40.3. The maximum atomic E-state index is 13.3. The molecule has 68 heavy (non-hydrogen) atoms. The first-order valence-electron chi connectivity index (χ1n) is 24.9. The largest absolute Gasteiger partial charge is 0.494 e. The van der Waals surface area contributed by atoms with E-state index in [4.69, 9.17) is 14.2 Å². The SMILES string of the molecule is CCCCOc1ccc(-c2c(C)c3cc(OCCCC)ccc3n2Cc2ccc(N3CCC(CN4CCN(C(=O)COc5ccc6c(C7CCC(=O)NC7=O)nn(C)c6c5)CC4)CC3)cc2)cc1. The summed E-state index contributed by atoms with van der Waals surface area (Å²) in [6, 6.07) is 29.9. The number of piperidine rings is 2. The number of anilines is 1. The van der Waals surface area contributed by atoms with Gasteiger partial charge in [0.1, 0.15) is 17.2 Å². The van der Waals surface area contributed by atoms with Crippen LogP contribution in [0.15, 0.2) is 84.9 Å². The van der Waals surface area contributed by atoms with Gasteiger partial charge < -0.3 is 28.6 Å². The highest BCUT2D eigenvalue weighted by atomic mass is 16.5. The highest BCUT2D eigenvalue weighted by molar-refractivity contribution is 6.02. The monoisotopic (exact) mass is 922 g/mol. The number of rotatable bonds is 18. The van der Waals surface area contributed by atoms with E-state index in [1.807, 2.05) is 30.1 Å². The van der Waals surface area contributed by atoms with Gasteiger partial charge in [-0.1, -0.05) is 38.8 Å². The number of fused-ring (bicyclic) bond motifs is 2. The third-order valence-electron chi connectivity index (χ3n) is 14.2. The van der Waals surface area contributed by atoms with Crippen LogP contribution in [-0.4, -0.2) is 108 Å².